The largest absolute Gasteiger partial charge is 0.536 e. The van der Waals surface area contributed by atoms with E-state index in [-0.39, 0.29) is 35.6 Å². The molecule has 0 amide bonds. The highest BCUT2D eigenvalue weighted by Crippen LogP contribution is 2.48. The maximum Gasteiger partial charge on any atom is 0.536 e. The Hall–Kier alpha value is -4.03. The van der Waals surface area contributed by atoms with E-state index in [0.717, 1.165) is 0 Å². The first-order valence-electron chi connectivity index (χ1n) is 13.1. The van der Waals surface area contributed by atoms with Crippen LogP contribution in [0.25, 0.3) is 0 Å². The number of ether oxygens (including phenoxy) is 2. The first-order valence-corrected chi connectivity index (χ1v) is 15.9. The molecule has 0 aliphatic rings. The summed E-state index contributed by atoms with van der Waals surface area (Å²) in [6, 6.07) is 6.86. The minimum atomic E-state index is -7.00. The predicted molar refractivity (Wildman–Crippen MR) is 144 cm³/mol. The van der Waals surface area contributed by atoms with Crippen LogP contribution in [0.5, 0.6) is 11.5 Å². The molecule has 0 aromatic heterocycles. The monoisotopic (exact) mass is 788 g/mol. The van der Waals surface area contributed by atoms with Crippen LogP contribution < -0.4 is 9.47 Å². The molecule has 1 atom stereocenters. The highest BCUT2D eigenvalue weighted by Gasteiger charge is 2.75. The number of nitrogens with zero attached hydrogens (tertiary/aromatic N) is 2. The summed E-state index contributed by atoms with van der Waals surface area (Å²) in [7, 11) is -12.9. The number of hydrogen-bond donors (Lipinski definition) is 0. The van der Waals surface area contributed by atoms with Crippen LogP contribution in [-0.4, -0.2) is 63.6 Å². The Morgan fingerprint density at radius 1 is 0.640 bits per heavy atom. The van der Waals surface area contributed by atoms with E-state index in [9.17, 15) is 73.9 Å². The Morgan fingerprint density at radius 2 is 1.04 bits per heavy atom. The van der Waals surface area contributed by atoms with Gasteiger partial charge in [-0.15, -0.1) is 0 Å². The SMILES string of the molecule is CCCC(=NOS(=O)(=O)C(F)(F)F)c1ccc(OC(CC)Oc2ccc(C(=NOS(=O)(=O)C(F)(F)F)C(F)(F)C(F)(F)C(F)(F)F)cc2)cc1. The lowest BCUT2D eigenvalue weighted by Crippen LogP contribution is -2.56. The highest BCUT2D eigenvalue weighted by atomic mass is 32.2. The van der Waals surface area contributed by atoms with Gasteiger partial charge in [0, 0.05) is 12.0 Å². The molecule has 0 radical (unpaired) electrons. The van der Waals surface area contributed by atoms with Gasteiger partial charge in [-0.2, -0.15) is 73.9 Å². The third kappa shape index (κ3) is 9.81. The van der Waals surface area contributed by atoms with Crippen molar-refractivity contribution in [3.05, 3.63) is 59.7 Å². The van der Waals surface area contributed by atoms with Crippen molar-refractivity contribution in [3.8, 4) is 11.5 Å². The molecule has 2 aromatic carbocycles. The van der Waals surface area contributed by atoms with Crippen molar-refractivity contribution in [2.45, 2.75) is 68.4 Å². The van der Waals surface area contributed by atoms with Gasteiger partial charge in [0.25, 0.3) is 0 Å². The molecule has 50 heavy (non-hydrogen) atoms. The molecular weight excluding hydrogens is 767 g/mol. The summed E-state index contributed by atoms with van der Waals surface area (Å²) in [6.07, 6.45) is -8.02. The van der Waals surface area contributed by atoms with E-state index >= 15 is 0 Å². The molecule has 0 spiro atoms. The Morgan fingerprint density at radius 3 is 1.40 bits per heavy atom. The van der Waals surface area contributed by atoms with Crippen molar-refractivity contribution < 1.29 is 92.0 Å². The maximum absolute atomic E-state index is 14.5. The van der Waals surface area contributed by atoms with Gasteiger partial charge in [-0.25, -0.2) is 0 Å². The number of oxime groups is 2. The van der Waals surface area contributed by atoms with E-state index in [4.69, 9.17) is 9.47 Å². The standard InChI is InChI=1S/C25H21F13N2O8S2/c1-3-5-18(39-47-49(41,42)24(33,34)35)14-6-10-16(11-7-14)45-19(4-2)46-17-12-8-15(9-13-17)20(40-48-50(43,44)25(36,37)38)21(26,27)22(28,29)23(30,31)32/h6-13,19H,3-5H2,1-2H3. The van der Waals surface area contributed by atoms with Crippen molar-refractivity contribution in [3.63, 3.8) is 0 Å². The average molecular weight is 789 g/mol. The molecule has 0 aliphatic heterocycles. The predicted octanol–water partition coefficient (Wildman–Crippen LogP) is 7.65. The van der Waals surface area contributed by atoms with E-state index in [1.165, 1.54) is 31.2 Å². The quantitative estimate of drug-likeness (QED) is 0.0592. The fraction of sp³-hybridized carbons (Fsp3) is 0.440. The van der Waals surface area contributed by atoms with Gasteiger partial charge in [-0.1, -0.05) is 30.6 Å². The molecule has 2 rings (SSSR count). The van der Waals surface area contributed by atoms with Gasteiger partial charge in [-0.3, -0.25) is 8.57 Å². The summed E-state index contributed by atoms with van der Waals surface area (Å²) in [4.78, 5) is 0. The van der Waals surface area contributed by atoms with E-state index < -0.39 is 66.8 Å². The Labute approximate surface area is 273 Å². The molecule has 2 aromatic rings. The lowest BCUT2D eigenvalue weighted by Gasteiger charge is -2.28. The maximum atomic E-state index is 14.5. The smallest absolute Gasteiger partial charge is 0.455 e. The van der Waals surface area contributed by atoms with Crippen molar-refractivity contribution in [2.75, 3.05) is 0 Å². The van der Waals surface area contributed by atoms with Gasteiger partial charge in [0.15, 0.2) is 5.71 Å². The van der Waals surface area contributed by atoms with E-state index in [2.05, 4.69) is 13.7 Å². The molecule has 25 heteroatoms. The zero-order chi connectivity index (χ0) is 38.6. The van der Waals surface area contributed by atoms with Gasteiger partial charge in [0.1, 0.15) is 11.5 Å². The summed E-state index contributed by atoms with van der Waals surface area (Å²) >= 11 is 0. The van der Waals surface area contributed by atoms with Crippen LogP contribution in [0.3, 0.4) is 0 Å². The number of halogens is 13. The van der Waals surface area contributed by atoms with Crippen LogP contribution in [-0.2, 0) is 28.8 Å². The van der Waals surface area contributed by atoms with Crippen molar-refractivity contribution in [1.29, 1.82) is 0 Å². The zero-order valence-electron chi connectivity index (χ0n) is 24.7. The highest BCUT2D eigenvalue weighted by molar-refractivity contribution is 7.87. The lowest BCUT2D eigenvalue weighted by molar-refractivity contribution is -0.336. The third-order valence-electron chi connectivity index (χ3n) is 5.76. The summed E-state index contributed by atoms with van der Waals surface area (Å²) in [5.74, 6) is -13.8. The van der Waals surface area contributed by atoms with Gasteiger partial charge in [-0.05, 0) is 60.5 Å². The van der Waals surface area contributed by atoms with Crippen molar-refractivity contribution >= 4 is 31.7 Å². The van der Waals surface area contributed by atoms with E-state index in [1.54, 1.807) is 6.92 Å². The van der Waals surface area contributed by atoms with Crippen LogP contribution in [0.1, 0.15) is 44.2 Å². The summed E-state index contributed by atoms with van der Waals surface area (Å²) in [5.41, 5.74) is -16.5. The molecule has 0 saturated carbocycles. The van der Waals surface area contributed by atoms with Crippen molar-refractivity contribution in [2.24, 2.45) is 10.3 Å². The molecule has 282 valence electrons. The first kappa shape index (κ1) is 42.1. The molecule has 0 aliphatic carbocycles. The van der Waals surface area contributed by atoms with Crippen LogP contribution in [0, 0.1) is 0 Å². The normalized spacial score (nSPS) is 15.0. The van der Waals surface area contributed by atoms with Crippen LogP contribution in [0.4, 0.5) is 57.1 Å². The number of alkyl halides is 13. The Bertz CT molecular complexity index is 1740. The minimum Gasteiger partial charge on any atom is -0.455 e. The molecule has 0 N–H and O–H groups in total. The topological polar surface area (TPSA) is 130 Å². The second-order valence-electron chi connectivity index (χ2n) is 9.45. The summed E-state index contributed by atoms with van der Waals surface area (Å²) in [6.45, 7) is 3.07. The number of hydrogen-bond acceptors (Lipinski definition) is 10. The summed E-state index contributed by atoms with van der Waals surface area (Å²) < 4.78 is 232. The summed E-state index contributed by atoms with van der Waals surface area (Å²) in [5, 5.41) is 4.91. The number of rotatable bonds is 15. The van der Waals surface area contributed by atoms with Gasteiger partial charge in [0.2, 0.25) is 6.29 Å². The van der Waals surface area contributed by atoms with Crippen LogP contribution >= 0.6 is 0 Å². The van der Waals surface area contributed by atoms with Crippen molar-refractivity contribution in [1.82, 2.24) is 0 Å². The number of benzene rings is 2. The second kappa shape index (κ2) is 15.1. The van der Waals surface area contributed by atoms with Gasteiger partial charge < -0.3 is 9.47 Å². The second-order valence-corrected chi connectivity index (χ2v) is 12.5. The molecule has 0 fully saturated rings. The van der Waals surface area contributed by atoms with E-state index in [1.807, 2.05) is 5.16 Å². The van der Waals surface area contributed by atoms with Crippen LogP contribution in [0.15, 0.2) is 58.8 Å². The zero-order valence-corrected chi connectivity index (χ0v) is 26.3. The molecule has 0 heterocycles. The fourth-order valence-electron chi connectivity index (χ4n) is 3.27. The molecule has 0 bridgehead atoms. The first-order chi connectivity index (χ1) is 22.6. The Balaban J connectivity index is 2.35. The molecule has 1 unspecified atom stereocenters. The molecule has 0 saturated heterocycles. The third-order valence-corrected chi connectivity index (χ3v) is 7.43. The molecule has 10 nitrogen and oxygen atoms in total. The average Bonchev–Trinajstić information content (AvgIpc) is 2.98. The van der Waals surface area contributed by atoms with Gasteiger partial charge >= 0.3 is 49.3 Å². The Kier molecular flexibility index (Phi) is 12.7. The van der Waals surface area contributed by atoms with E-state index in [0.29, 0.717) is 30.7 Å². The van der Waals surface area contributed by atoms with Crippen LogP contribution in [0.2, 0.25) is 0 Å². The lowest BCUT2D eigenvalue weighted by atomic mass is 9.99. The minimum absolute atomic E-state index is 0.00312. The fourth-order valence-corrected chi connectivity index (χ4v) is 3.80. The van der Waals surface area contributed by atoms with Gasteiger partial charge in [0.05, 0.1) is 5.71 Å². The molecular formula is C25H21F13N2O8S2.